The molecule has 5 rings (SSSR count). The molecule has 1 saturated heterocycles. The molecule has 28 heavy (non-hydrogen) atoms. The molecule has 1 heterocycles. The second-order valence-corrected chi connectivity index (χ2v) is 8.37. The minimum atomic E-state index is -0.275. The molecule has 4 nitrogen and oxygen atoms in total. The molecule has 3 atom stereocenters. The quantitative estimate of drug-likeness (QED) is 0.835. The van der Waals surface area contributed by atoms with Gasteiger partial charge >= 0.3 is 6.09 Å². The highest BCUT2D eigenvalue weighted by Gasteiger charge is 2.41. The third-order valence-corrected chi connectivity index (χ3v) is 6.91. The summed E-state index contributed by atoms with van der Waals surface area (Å²) in [7, 11) is 0. The largest absolute Gasteiger partial charge is 0.448 e. The maximum atomic E-state index is 13.0. The van der Waals surface area contributed by atoms with Crippen molar-refractivity contribution in [2.75, 3.05) is 13.2 Å². The average molecular weight is 377 g/mol. The number of fused-ring (bicyclic) bond motifs is 4. The molecule has 1 aliphatic heterocycles. The molecule has 2 aliphatic carbocycles. The number of rotatable bonds is 2. The number of carbonyl (C=O) groups is 1. The number of aliphatic hydroxyl groups excluding tert-OH is 1. The Morgan fingerprint density at radius 3 is 2.32 bits per heavy atom. The number of benzene rings is 2. The molecule has 1 N–H and O–H groups in total. The van der Waals surface area contributed by atoms with Crippen LogP contribution in [0.5, 0.6) is 0 Å². The van der Waals surface area contributed by atoms with Gasteiger partial charge in [-0.2, -0.15) is 0 Å². The minimum absolute atomic E-state index is 0.0916. The van der Waals surface area contributed by atoms with Gasteiger partial charge in [0.1, 0.15) is 6.61 Å². The van der Waals surface area contributed by atoms with Crippen LogP contribution < -0.4 is 0 Å². The van der Waals surface area contributed by atoms with Crippen LogP contribution in [0.4, 0.5) is 4.79 Å². The Labute approximate surface area is 166 Å². The van der Waals surface area contributed by atoms with Gasteiger partial charge in [0.25, 0.3) is 0 Å². The zero-order valence-electron chi connectivity index (χ0n) is 16.1. The predicted octanol–water partition coefficient (Wildman–Crippen LogP) is 4.56. The Morgan fingerprint density at radius 1 is 0.964 bits per heavy atom. The maximum absolute atomic E-state index is 13.0. The van der Waals surface area contributed by atoms with E-state index in [0.29, 0.717) is 19.6 Å². The Balaban J connectivity index is 1.33. The lowest BCUT2D eigenvalue weighted by molar-refractivity contribution is -0.0332. The van der Waals surface area contributed by atoms with E-state index in [1.54, 1.807) is 0 Å². The van der Waals surface area contributed by atoms with Crippen molar-refractivity contribution in [1.82, 2.24) is 4.90 Å². The number of aliphatic hydroxyl groups is 1. The van der Waals surface area contributed by atoms with Crippen LogP contribution in [0.2, 0.25) is 0 Å². The SMILES string of the molecule is O=C(OCC1c2ccccc2-c2ccccc21)N1CCC(O)C2CCCCC21. The topological polar surface area (TPSA) is 49.8 Å². The summed E-state index contributed by atoms with van der Waals surface area (Å²) in [6.45, 7) is 0.961. The molecule has 2 aromatic rings. The number of hydrogen-bond donors (Lipinski definition) is 1. The second kappa shape index (κ2) is 7.25. The van der Waals surface area contributed by atoms with Crippen LogP contribution in [0, 0.1) is 5.92 Å². The van der Waals surface area contributed by atoms with Crippen molar-refractivity contribution in [3.8, 4) is 11.1 Å². The third kappa shape index (κ3) is 2.91. The normalized spacial score (nSPS) is 26.3. The van der Waals surface area contributed by atoms with Crippen LogP contribution in [0.3, 0.4) is 0 Å². The van der Waals surface area contributed by atoms with Gasteiger partial charge < -0.3 is 14.7 Å². The minimum Gasteiger partial charge on any atom is -0.448 e. The van der Waals surface area contributed by atoms with Gasteiger partial charge in [0.15, 0.2) is 0 Å². The van der Waals surface area contributed by atoms with E-state index in [0.717, 1.165) is 25.7 Å². The fourth-order valence-electron chi connectivity index (χ4n) is 5.53. The van der Waals surface area contributed by atoms with E-state index in [4.69, 9.17) is 4.74 Å². The number of ether oxygens (including phenoxy) is 1. The van der Waals surface area contributed by atoms with Gasteiger partial charge in [0.05, 0.1) is 6.10 Å². The first-order chi connectivity index (χ1) is 13.7. The third-order valence-electron chi connectivity index (χ3n) is 6.91. The first kappa shape index (κ1) is 17.7. The van der Waals surface area contributed by atoms with Crippen molar-refractivity contribution in [1.29, 1.82) is 0 Å². The summed E-state index contributed by atoms with van der Waals surface area (Å²) < 4.78 is 5.87. The summed E-state index contributed by atoms with van der Waals surface area (Å²) in [6.07, 6.45) is 4.43. The van der Waals surface area contributed by atoms with Gasteiger partial charge in [0, 0.05) is 24.4 Å². The first-order valence-corrected chi connectivity index (χ1v) is 10.5. The average Bonchev–Trinajstić information content (AvgIpc) is 3.06. The highest BCUT2D eigenvalue weighted by atomic mass is 16.6. The molecule has 0 aromatic heterocycles. The predicted molar refractivity (Wildman–Crippen MR) is 108 cm³/mol. The van der Waals surface area contributed by atoms with Crippen LogP contribution in [0.15, 0.2) is 48.5 Å². The zero-order valence-corrected chi connectivity index (χ0v) is 16.1. The van der Waals surface area contributed by atoms with Crippen molar-refractivity contribution in [3.05, 3.63) is 59.7 Å². The lowest BCUT2D eigenvalue weighted by atomic mass is 9.77. The van der Waals surface area contributed by atoms with Crippen molar-refractivity contribution in [2.24, 2.45) is 5.92 Å². The summed E-state index contributed by atoms with van der Waals surface area (Å²) >= 11 is 0. The molecule has 0 spiro atoms. The molecule has 4 heteroatoms. The monoisotopic (exact) mass is 377 g/mol. The molecule has 1 saturated carbocycles. The summed E-state index contributed by atoms with van der Waals surface area (Å²) in [6, 6.07) is 16.9. The van der Waals surface area contributed by atoms with Crippen LogP contribution >= 0.6 is 0 Å². The molecule has 2 aromatic carbocycles. The Hall–Kier alpha value is -2.33. The number of piperidine rings is 1. The number of likely N-dealkylation sites (tertiary alicyclic amines) is 1. The van der Waals surface area contributed by atoms with Crippen molar-refractivity contribution in [3.63, 3.8) is 0 Å². The Kier molecular flexibility index (Phi) is 4.59. The lowest BCUT2D eigenvalue weighted by Crippen LogP contribution is -2.54. The van der Waals surface area contributed by atoms with Crippen molar-refractivity contribution < 1.29 is 14.6 Å². The number of carbonyl (C=O) groups excluding carboxylic acids is 1. The Bertz CT molecular complexity index is 834. The van der Waals surface area contributed by atoms with E-state index >= 15 is 0 Å². The molecule has 146 valence electrons. The highest BCUT2D eigenvalue weighted by Crippen LogP contribution is 2.44. The van der Waals surface area contributed by atoms with E-state index in [2.05, 4.69) is 48.5 Å². The van der Waals surface area contributed by atoms with Crippen LogP contribution in [0.25, 0.3) is 11.1 Å². The van der Waals surface area contributed by atoms with Gasteiger partial charge in [-0.05, 0) is 41.5 Å². The van der Waals surface area contributed by atoms with Gasteiger partial charge in [-0.15, -0.1) is 0 Å². The van der Waals surface area contributed by atoms with Crippen LogP contribution in [-0.2, 0) is 4.74 Å². The summed E-state index contributed by atoms with van der Waals surface area (Å²) in [5, 5.41) is 10.3. The smallest absolute Gasteiger partial charge is 0.410 e. The highest BCUT2D eigenvalue weighted by molar-refractivity contribution is 5.79. The van der Waals surface area contributed by atoms with Gasteiger partial charge in [0.2, 0.25) is 0 Å². The van der Waals surface area contributed by atoms with Crippen molar-refractivity contribution in [2.45, 2.75) is 50.2 Å². The van der Waals surface area contributed by atoms with E-state index in [1.165, 1.54) is 22.3 Å². The van der Waals surface area contributed by atoms with Gasteiger partial charge in [-0.25, -0.2) is 4.79 Å². The van der Waals surface area contributed by atoms with E-state index in [-0.39, 0.29) is 30.1 Å². The van der Waals surface area contributed by atoms with E-state index in [1.807, 2.05) is 4.90 Å². The fraction of sp³-hybridized carbons (Fsp3) is 0.458. The maximum Gasteiger partial charge on any atom is 0.410 e. The molecule has 0 bridgehead atoms. The number of amides is 1. The molecule has 1 amide bonds. The lowest BCUT2D eigenvalue weighted by Gasteiger charge is -2.45. The summed E-state index contributed by atoms with van der Waals surface area (Å²) in [5.41, 5.74) is 4.96. The molecule has 2 fully saturated rings. The fourth-order valence-corrected chi connectivity index (χ4v) is 5.53. The van der Waals surface area contributed by atoms with Gasteiger partial charge in [-0.1, -0.05) is 61.4 Å². The van der Waals surface area contributed by atoms with Crippen molar-refractivity contribution >= 4 is 6.09 Å². The van der Waals surface area contributed by atoms with Crippen LogP contribution in [0.1, 0.15) is 49.1 Å². The standard InChI is InChI=1S/C24H27NO3/c26-23-13-14-25(22-12-6-5-11-20(22)23)24(27)28-15-21-18-9-3-1-7-16(18)17-8-2-4-10-19(17)21/h1-4,7-10,20-23,26H,5-6,11-15H2. The molecule has 3 unspecified atom stereocenters. The second-order valence-electron chi connectivity index (χ2n) is 8.37. The van der Waals surface area contributed by atoms with Gasteiger partial charge in [-0.3, -0.25) is 0 Å². The summed E-state index contributed by atoms with van der Waals surface area (Å²) in [4.78, 5) is 14.9. The van der Waals surface area contributed by atoms with E-state index in [9.17, 15) is 9.90 Å². The molecular formula is C24H27NO3. The molecule has 0 radical (unpaired) electrons. The van der Waals surface area contributed by atoms with E-state index < -0.39 is 0 Å². The first-order valence-electron chi connectivity index (χ1n) is 10.5. The molecular weight excluding hydrogens is 350 g/mol. The number of hydrogen-bond acceptors (Lipinski definition) is 3. The Morgan fingerprint density at radius 2 is 1.61 bits per heavy atom. The molecule has 3 aliphatic rings. The summed E-state index contributed by atoms with van der Waals surface area (Å²) in [5.74, 6) is 0.303. The zero-order chi connectivity index (χ0) is 19.1. The van der Waals surface area contributed by atoms with Crippen LogP contribution in [-0.4, -0.2) is 41.4 Å². The number of nitrogens with zero attached hydrogens (tertiary/aromatic N) is 1.